The number of pyridine rings is 1. The maximum absolute atomic E-state index is 14.3. The number of fused-ring (bicyclic) bond motifs is 1. The molecule has 0 aliphatic heterocycles. The zero-order valence-electron chi connectivity index (χ0n) is 13.3. The van der Waals surface area contributed by atoms with E-state index in [4.69, 9.17) is 0 Å². The highest BCUT2D eigenvalue weighted by Gasteiger charge is 2.14. The number of aromatic nitrogens is 3. The molecule has 0 fully saturated rings. The second-order valence-electron chi connectivity index (χ2n) is 5.29. The van der Waals surface area contributed by atoms with Crippen LogP contribution in [0.25, 0.3) is 10.9 Å². The lowest BCUT2D eigenvalue weighted by molar-refractivity contribution is 0.618. The normalized spacial score (nSPS) is 11.0. The average molecular weight is 407 g/mol. The van der Waals surface area contributed by atoms with Gasteiger partial charge in [-0.15, -0.1) is 0 Å². The van der Waals surface area contributed by atoms with Gasteiger partial charge >= 0.3 is 0 Å². The summed E-state index contributed by atoms with van der Waals surface area (Å²) in [6.45, 7) is 2.34. The van der Waals surface area contributed by atoms with E-state index in [0.717, 1.165) is 10.9 Å². The summed E-state index contributed by atoms with van der Waals surface area (Å²) >= 11 is 4.86. The number of nitrogens with one attached hydrogen (secondary N) is 1. The molecule has 3 aromatic rings. The van der Waals surface area contributed by atoms with E-state index in [-0.39, 0.29) is 5.82 Å². The van der Waals surface area contributed by atoms with Crippen LogP contribution >= 0.6 is 27.7 Å². The molecule has 0 spiro atoms. The molecule has 7 heteroatoms. The maximum atomic E-state index is 14.3. The minimum atomic E-state index is -0.389. The van der Waals surface area contributed by atoms with Crippen LogP contribution in [-0.4, -0.2) is 27.8 Å². The Morgan fingerprint density at radius 2 is 2.12 bits per heavy atom. The van der Waals surface area contributed by atoms with Crippen LogP contribution in [0.5, 0.6) is 0 Å². The van der Waals surface area contributed by atoms with E-state index < -0.39 is 0 Å². The van der Waals surface area contributed by atoms with Crippen LogP contribution < -0.4 is 5.32 Å². The Bertz CT molecular complexity index is 888. The van der Waals surface area contributed by atoms with Crippen molar-refractivity contribution >= 4 is 44.4 Å². The predicted octanol–water partition coefficient (Wildman–Crippen LogP) is 4.61. The molecule has 4 nitrogen and oxygen atoms in total. The minimum absolute atomic E-state index is 0.312. The van der Waals surface area contributed by atoms with Crippen molar-refractivity contribution in [1.82, 2.24) is 15.0 Å². The van der Waals surface area contributed by atoms with E-state index in [1.165, 1.54) is 17.3 Å². The largest absolute Gasteiger partial charge is 0.369 e. The number of rotatable bonds is 5. The summed E-state index contributed by atoms with van der Waals surface area (Å²) in [5, 5.41) is 4.43. The second-order valence-corrected chi connectivity index (χ2v) is 6.97. The van der Waals surface area contributed by atoms with Crippen molar-refractivity contribution < 1.29 is 4.39 Å². The van der Waals surface area contributed by atoms with Crippen molar-refractivity contribution in [2.24, 2.45) is 0 Å². The molecule has 0 saturated heterocycles. The molecular formula is C17H16BrFN4S. The smallest absolute Gasteiger partial charge is 0.187 e. The van der Waals surface area contributed by atoms with Gasteiger partial charge in [0.2, 0.25) is 0 Å². The molecule has 0 amide bonds. The lowest BCUT2D eigenvalue weighted by Gasteiger charge is -2.11. The molecule has 0 atom stereocenters. The van der Waals surface area contributed by atoms with Crippen molar-refractivity contribution in [2.45, 2.75) is 18.5 Å². The topological polar surface area (TPSA) is 50.7 Å². The van der Waals surface area contributed by atoms with Gasteiger partial charge in [-0.3, -0.25) is 0 Å². The molecule has 0 saturated carbocycles. The van der Waals surface area contributed by atoms with Crippen molar-refractivity contribution in [3.8, 4) is 0 Å². The van der Waals surface area contributed by atoms with Crippen molar-refractivity contribution in [1.29, 1.82) is 0 Å². The standard InChI is InChI=1S/C17H16BrFN4S/c1-10-14(19)15-13(9-21-17(23-15)24-2)16(22-10)20-7-6-11-4-3-5-12(18)8-11/h3-5,8-9H,6-7H2,1-2H3,(H,20,22). The minimum Gasteiger partial charge on any atom is -0.369 e. The molecule has 124 valence electrons. The average Bonchev–Trinajstić information content (AvgIpc) is 2.59. The summed E-state index contributed by atoms with van der Waals surface area (Å²) in [4.78, 5) is 12.8. The summed E-state index contributed by atoms with van der Waals surface area (Å²) in [7, 11) is 0. The van der Waals surface area contributed by atoms with Crippen molar-refractivity contribution in [3.05, 3.63) is 52.0 Å². The van der Waals surface area contributed by atoms with Crippen molar-refractivity contribution in [3.63, 3.8) is 0 Å². The summed E-state index contributed by atoms with van der Waals surface area (Å²) in [5.74, 6) is 0.229. The van der Waals surface area contributed by atoms with E-state index in [1.54, 1.807) is 13.1 Å². The van der Waals surface area contributed by atoms with Gasteiger partial charge in [0.1, 0.15) is 11.3 Å². The van der Waals surface area contributed by atoms with Crippen molar-refractivity contribution in [2.75, 3.05) is 18.1 Å². The molecule has 0 bridgehead atoms. The number of halogens is 2. The highest BCUT2D eigenvalue weighted by Crippen LogP contribution is 2.25. The van der Waals surface area contributed by atoms with Gasteiger partial charge in [0.15, 0.2) is 11.0 Å². The molecule has 0 aliphatic rings. The number of hydrogen-bond donors (Lipinski definition) is 1. The third kappa shape index (κ3) is 3.67. The van der Waals surface area contributed by atoms with Crippen LogP contribution in [0, 0.1) is 12.7 Å². The van der Waals surface area contributed by atoms with E-state index >= 15 is 0 Å². The molecule has 0 radical (unpaired) electrons. The highest BCUT2D eigenvalue weighted by molar-refractivity contribution is 9.10. The highest BCUT2D eigenvalue weighted by atomic mass is 79.9. The zero-order valence-corrected chi connectivity index (χ0v) is 15.7. The maximum Gasteiger partial charge on any atom is 0.187 e. The van der Waals surface area contributed by atoms with Gasteiger partial charge in [-0.1, -0.05) is 39.8 Å². The summed E-state index contributed by atoms with van der Waals surface area (Å²) in [6, 6.07) is 8.15. The predicted molar refractivity (Wildman–Crippen MR) is 100 cm³/mol. The first kappa shape index (κ1) is 17.1. The number of thioether (sulfide) groups is 1. The lowest BCUT2D eigenvalue weighted by atomic mass is 10.1. The van der Waals surface area contributed by atoms with Gasteiger partial charge in [0.05, 0.1) is 11.1 Å². The first-order valence-electron chi connectivity index (χ1n) is 7.43. The van der Waals surface area contributed by atoms with Gasteiger partial charge < -0.3 is 5.32 Å². The fourth-order valence-electron chi connectivity index (χ4n) is 2.41. The second kappa shape index (κ2) is 7.44. The van der Waals surface area contributed by atoms with Crippen LogP contribution in [0.1, 0.15) is 11.3 Å². The van der Waals surface area contributed by atoms with Crippen LogP contribution in [0.2, 0.25) is 0 Å². The number of aryl methyl sites for hydroxylation is 1. The molecule has 1 N–H and O–H groups in total. The summed E-state index contributed by atoms with van der Waals surface area (Å²) in [5.41, 5.74) is 1.85. The third-order valence-electron chi connectivity index (χ3n) is 3.60. The third-order valence-corrected chi connectivity index (χ3v) is 4.66. The number of hydrogen-bond acceptors (Lipinski definition) is 5. The fraction of sp³-hybridized carbons (Fsp3) is 0.235. The lowest BCUT2D eigenvalue weighted by Crippen LogP contribution is -2.09. The molecule has 0 unspecified atom stereocenters. The fourth-order valence-corrected chi connectivity index (χ4v) is 3.19. The molecule has 2 heterocycles. The Labute approximate surface area is 152 Å². The van der Waals surface area contributed by atoms with Gasteiger partial charge in [0.25, 0.3) is 0 Å². The first-order chi connectivity index (χ1) is 11.6. The van der Waals surface area contributed by atoms with E-state index in [2.05, 4.69) is 48.3 Å². The Hall–Kier alpha value is -1.73. The molecule has 24 heavy (non-hydrogen) atoms. The summed E-state index contributed by atoms with van der Waals surface area (Å²) in [6.07, 6.45) is 4.33. The van der Waals surface area contributed by atoms with Crippen LogP contribution in [-0.2, 0) is 6.42 Å². The monoisotopic (exact) mass is 406 g/mol. The van der Waals surface area contributed by atoms with E-state index in [1.807, 2.05) is 18.4 Å². The van der Waals surface area contributed by atoms with Crippen LogP contribution in [0.15, 0.2) is 40.1 Å². The van der Waals surface area contributed by atoms with Gasteiger partial charge in [-0.2, -0.15) is 0 Å². The molecular weight excluding hydrogens is 391 g/mol. The Morgan fingerprint density at radius 3 is 2.88 bits per heavy atom. The number of benzene rings is 1. The van der Waals surface area contributed by atoms with Gasteiger partial charge in [-0.05, 0) is 37.3 Å². The Balaban J connectivity index is 1.85. The molecule has 2 aromatic heterocycles. The van der Waals surface area contributed by atoms with Crippen LogP contribution in [0.4, 0.5) is 10.2 Å². The number of nitrogens with zero attached hydrogens (tertiary/aromatic N) is 3. The quantitative estimate of drug-likeness (QED) is 0.495. The molecule has 1 aromatic carbocycles. The van der Waals surface area contributed by atoms with Crippen LogP contribution in [0.3, 0.4) is 0 Å². The SMILES string of the molecule is CSc1ncc2c(NCCc3cccc(Br)c3)nc(C)c(F)c2n1. The van der Waals surface area contributed by atoms with E-state index in [0.29, 0.717) is 34.1 Å². The van der Waals surface area contributed by atoms with E-state index in [9.17, 15) is 4.39 Å². The molecule has 3 rings (SSSR count). The Kier molecular flexibility index (Phi) is 5.30. The molecule has 0 aliphatic carbocycles. The number of anilines is 1. The van der Waals surface area contributed by atoms with Gasteiger partial charge in [-0.25, -0.2) is 19.3 Å². The van der Waals surface area contributed by atoms with Gasteiger partial charge in [0, 0.05) is 17.2 Å². The first-order valence-corrected chi connectivity index (χ1v) is 9.45. The summed E-state index contributed by atoms with van der Waals surface area (Å²) < 4.78 is 15.4. The Morgan fingerprint density at radius 1 is 1.29 bits per heavy atom. The zero-order chi connectivity index (χ0) is 17.1.